The van der Waals surface area contributed by atoms with Gasteiger partial charge < -0.3 is 14.6 Å². The third-order valence-corrected chi connectivity index (χ3v) is 6.58. The van der Waals surface area contributed by atoms with E-state index in [0.717, 1.165) is 54.8 Å². The minimum absolute atomic E-state index is 0.0436. The highest BCUT2D eigenvalue weighted by Crippen LogP contribution is 2.30. The number of hydrogen-bond donors (Lipinski definition) is 1. The van der Waals surface area contributed by atoms with Crippen LogP contribution in [0.25, 0.3) is 0 Å². The number of piperidine rings is 1. The van der Waals surface area contributed by atoms with E-state index in [1.165, 1.54) is 0 Å². The quantitative estimate of drug-likeness (QED) is 0.749. The van der Waals surface area contributed by atoms with Gasteiger partial charge in [0.15, 0.2) is 0 Å². The number of benzene rings is 1. The van der Waals surface area contributed by atoms with Crippen LogP contribution in [-0.2, 0) is 24.2 Å². The first-order chi connectivity index (χ1) is 15.5. The zero-order chi connectivity index (χ0) is 22.7. The molecule has 0 bridgehead atoms. The average Bonchev–Trinajstić information content (AvgIpc) is 2.80. The molecule has 2 aromatic rings. The SMILES string of the molecule is CCOc1ccc(CC(=O)N2CCCC[C@@H]2c2nc3c(c(=O)[nH]2)CCN(C(C)C)C3)cc1. The normalized spacial score (nSPS) is 19.1. The first-order valence-electron chi connectivity index (χ1n) is 11.8. The van der Waals surface area contributed by atoms with Crippen molar-refractivity contribution in [3.05, 3.63) is 57.3 Å². The molecule has 32 heavy (non-hydrogen) atoms. The van der Waals surface area contributed by atoms with E-state index in [1.807, 2.05) is 36.1 Å². The number of rotatable bonds is 6. The van der Waals surface area contributed by atoms with Gasteiger partial charge in [-0.3, -0.25) is 14.5 Å². The topological polar surface area (TPSA) is 78.5 Å². The molecule has 1 N–H and O–H groups in total. The molecule has 1 aromatic heterocycles. The first-order valence-corrected chi connectivity index (χ1v) is 11.8. The van der Waals surface area contributed by atoms with Gasteiger partial charge in [-0.1, -0.05) is 12.1 Å². The van der Waals surface area contributed by atoms with Crippen molar-refractivity contribution in [1.82, 2.24) is 19.8 Å². The molecule has 1 atom stereocenters. The van der Waals surface area contributed by atoms with E-state index in [0.29, 0.717) is 38.0 Å². The second kappa shape index (κ2) is 9.86. The van der Waals surface area contributed by atoms with Gasteiger partial charge in [-0.15, -0.1) is 0 Å². The fourth-order valence-corrected chi connectivity index (χ4v) is 4.74. The van der Waals surface area contributed by atoms with Crippen molar-refractivity contribution < 1.29 is 9.53 Å². The summed E-state index contributed by atoms with van der Waals surface area (Å²) in [7, 11) is 0. The van der Waals surface area contributed by atoms with Crippen LogP contribution in [-0.4, -0.2) is 51.4 Å². The molecule has 7 heteroatoms. The van der Waals surface area contributed by atoms with E-state index in [4.69, 9.17) is 9.72 Å². The zero-order valence-corrected chi connectivity index (χ0v) is 19.4. The van der Waals surface area contributed by atoms with Crippen molar-refractivity contribution in [3.8, 4) is 5.75 Å². The third kappa shape index (κ3) is 4.88. The van der Waals surface area contributed by atoms with E-state index in [2.05, 4.69) is 23.7 Å². The van der Waals surface area contributed by atoms with E-state index in [-0.39, 0.29) is 17.5 Å². The number of fused-ring (bicyclic) bond motifs is 1. The Hall–Kier alpha value is -2.67. The van der Waals surface area contributed by atoms with E-state index >= 15 is 0 Å². The molecule has 0 radical (unpaired) electrons. The molecule has 1 saturated heterocycles. The van der Waals surface area contributed by atoms with Gasteiger partial charge in [-0.05, 0) is 64.2 Å². The van der Waals surface area contributed by atoms with Crippen LogP contribution in [0.5, 0.6) is 5.75 Å². The summed E-state index contributed by atoms with van der Waals surface area (Å²) in [5.74, 6) is 1.52. The maximum Gasteiger partial charge on any atom is 0.254 e. The number of hydrogen-bond acceptors (Lipinski definition) is 5. The van der Waals surface area contributed by atoms with E-state index in [1.54, 1.807) is 0 Å². The third-order valence-electron chi connectivity index (χ3n) is 6.58. The summed E-state index contributed by atoms with van der Waals surface area (Å²) >= 11 is 0. The van der Waals surface area contributed by atoms with Crippen LogP contribution in [0.2, 0.25) is 0 Å². The van der Waals surface area contributed by atoms with Gasteiger partial charge in [0.1, 0.15) is 11.6 Å². The molecular formula is C25H34N4O3. The Morgan fingerprint density at radius 1 is 1.22 bits per heavy atom. The van der Waals surface area contributed by atoms with Crippen LogP contribution in [0, 0.1) is 0 Å². The number of H-pyrrole nitrogens is 1. The Balaban J connectivity index is 1.54. The Morgan fingerprint density at radius 2 is 2.00 bits per heavy atom. The molecule has 1 fully saturated rings. The molecule has 0 spiro atoms. The lowest BCUT2D eigenvalue weighted by Gasteiger charge is -2.36. The van der Waals surface area contributed by atoms with Crippen molar-refractivity contribution in [2.45, 2.75) is 71.5 Å². The number of ether oxygens (including phenoxy) is 1. The Morgan fingerprint density at radius 3 is 2.72 bits per heavy atom. The van der Waals surface area contributed by atoms with Crippen LogP contribution < -0.4 is 10.3 Å². The maximum absolute atomic E-state index is 13.2. The van der Waals surface area contributed by atoms with Gasteiger partial charge >= 0.3 is 0 Å². The zero-order valence-electron chi connectivity index (χ0n) is 19.4. The first kappa shape index (κ1) is 22.5. The van der Waals surface area contributed by atoms with Gasteiger partial charge in [-0.2, -0.15) is 0 Å². The van der Waals surface area contributed by atoms with Crippen molar-refractivity contribution in [1.29, 1.82) is 0 Å². The predicted octanol–water partition coefficient (Wildman–Crippen LogP) is 3.23. The molecule has 3 heterocycles. The van der Waals surface area contributed by atoms with Crippen LogP contribution in [0.4, 0.5) is 0 Å². The van der Waals surface area contributed by atoms with Crippen molar-refractivity contribution in [2.24, 2.45) is 0 Å². The smallest absolute Gasteiger partial charge is 0.254 e. The highest BCUT2D eigenvalue weighted by atomic mass is 16.5. The molecule has 172 valence electrons. The molecule has 2 aliphatic heterocycles. The average molecular weight is 439 g/mol. The number of nitrogens with zero attached hydrogens (tertiary/aromatic N) is 3. The summed E-state index contributed by atoms with van der Waals surface area (Å²) in [5, 5.41) is 0. The monoisotopic (exact) mass is 438 g/mol. The number of amides is 1. The Bertz CT molecular complexity index is 999. The van der Waals surface area contributed by atoms with E-state index in [9.17, 15) is 9.59 Å². The number of nitrogens with one attached hydrogen (secondary N) is 1. The van der Waals surface area contributed by atoms with E-state index < -0.39 is 0 Å². The second-order valence-corrected chi connectivity index (χ2v) is 9.04. The summed E-state index contributed by atoms with van der Waals surface area (Å²) in [6.45, 7) is 9.17. The summed E-state index contributed by atoms with van der Waals surface area (Å²) in [5.41, 5.74) is 2.59. The fourth-order valence-electron chi connectivity index (χ4n) is 4.74. The largest absolute Gasteiger partial charge is 0.494 e. The number of likely N-dealkylation sites (tertiary alicyclic amines) is 1. The fraction of sp³-hybridized carbons (Fsp3) is 0.560. The van der Waals surface area contributed by atoms with Gasteiger partial charge in [0, 0.05) is 31.2 Å². The Labute approximate surface area is 189 Å². The van der Waals surface area contributed by atoms with Gasteiger partial charge in [0.25, 0.3) is 5.56 Å². The predicted molar refractivity (Wildman–Crippen MR) is 124 cm³/mol. The van der Waals surface area contributed by atoms with Crippen LogP contribution in [0.1, 0.15) is 68.7 Å². The highest BCUT2D eigenvalue weighted by Gasteiger charge is 2.31. The van der Waals surface area contributed by atoms with Crippen LogP contribution in [0.3, 0.4) is 0 Å². The summed E-state index contributed by atoms with van der Waals surface area (Å²) in [6.07, 6.45) is 3.88. The molecule has 7 nitrogen and oxygen atoms in total. The minimum atomic E-state index is -0.175. The molecule has 1 amide bonds. The van der Waals surface area contributed by atoms with Crippen LogP contribution >= 0.6 is 0 Å². The number of carbonyl (C=O) groups excluding carboxylic acids is 1. The van der Waals surface area contributed by atoms with Gasteiger partial charge in [-0.25, -0.2) is 4.98 Å². The number of carbonyl (C=O) groups is 1. The summed E-state index contributed by atoms with van der Waals surface area (Å²) in [4.78, 5) is 38.2. The molecule has 0 aliphatic carbocycles. The molecule has 0 saturated carbocycles. The lowest BCUT2D eigenvalue weighted by Crippen LogP contribution is -2.43. The van der Waals surface area contributed by atoms with Gasteiger partial charge in [0.05, 0.1) is 24.8 Å². The summed E-state index contributed by atoms with van der Waals surface area (Å²) < 4.78 is 5.50. The molecule has 2 aliphatic rings. The standard InChI is InChI=1S/C25H34N4O3/c1-4-32-19-10-8-18(9-11-19)15-23(30)29-13-6-5-7-22(29)24-26-21-16-28(17(2)3)14-12-20(21)25(31)27-24/h8-11,17,22H,4-7,12-16H2,1-3H3,(H,26,27,31)/t22-/m1/s1. The lowest BCUT2D eigenvalue weighted by molar-refractivity contribution is -0.134. The van der Waals surface area contributed by atoms with Crippen LogP contribution in [0.15, 0.2) is 29.1 Å². The molecular weight excluding hydrogens is 404 g/mol. The minimum Gasteiger partial charge on any atom is -0.494 e. The maximum atomic E-state index is 13.2. The van der Waals surface area contributed by atoms with Gasteiger partial charge in [0.2, 0.25) is 5.91 Å². The summed E-state index contributed by atoms with van der Waals surface area (Å²) in [6, 6.07) is 7.94. The van der Waals surface area contributed by atoms with Crippen molar-refractivity contribution in [2.75, 3.05) is 19.7 Å². The second-order valence-electron chi connectivity index (χ2n) is 9.04. The highest BCUT2D eigenvalue weighted by molar-refractivity contribution is 5.79. The number of aromatic nitrogens is 2. The van der Waals surface area contributed by atoms with Crippen molar-refractivity contribution >= 4 is 5.91 Å². The molecule has 4 rings (SSSR count). The number of aromatic amines is 1. The molecule has 0 unspecified atom stereocenters. The molecule has 1 aromatic carbocycles. The van der Waals surface area contributed by atoms with Crippen molar-refractivity contribution in [3.63, 3.8) is 0 Å². The lowest BCUT2D eigenvalue weighted by atomic mass is 9.99. The Kier molecular flexibility index (Phi) is 6.94.